The van der Waals surface area contributed by atoms with Gasteiger partial charge in [0.25, 0.3) is 0 Å². The minimum atomic E-state index is -0.871. The minimum Gasteiger partial charge on any atom is -0.478 e. The molecule has 0 aliphatic heterocycles. The first kappa shape index (κ1) is 9.56. The second kappa shape index (κ2) is 5.35. The van der Waals surface area contributed by atoms with Crippen molar-refractivity contribution in [2.45, 2.75) is 19.1 Å². The Morgan fingerprint density at radius 3 is 2.70 bits per heavy atom. The molecule has 0 rings (SSSR count). The highest BCUT2D eigenvalue weighted by Crippen LogP contribution is 2.07. The van der Waals surface area contributed by atoms with Crippen molar-refractivity contribution in [3.63, 3.8) is 0 Å². The third kappa shape index (κ3) is 7.56. The molecule has 0 fully saturated rings. The highest BCUT2D eigenvalue weighted by molar-refractivity contribution is 8.00. The molecule has 0 heterocycles. The molecule has 1 N–H and O–H groups in total. The first-order chi connectivity index (χ1) is 4.63. The fourth-order valence-corrected chi connectivity index (χ4v) is 0.989. The predicted molar refractivity (Wildman–Crippen MR) is 44.4 cm³/mol. The second-order valence-electron chi connectivity index (χ2n) is 2.12. The van der Waals surface area contributed by atoms with Gasteiger partial charge in [0, 0.05) is 11.8 Å². The summed E-state index contributed by atoms with van der Waals surface area (Å²) in [4.78, 5) is 9.95. The van der Waals surface area contributed by atoms with Crippen LogP contribution >= 0.6 is 11.8 Å². The van der Waals surface area contributed by atoms with E-state index in [1.165, 1.54) is 6.08 Å². The lowest BCUT2D eigenvalue weighted by molar-refractivity contribution is -0.131. The van der Waals surface area contributed by atoms with Crippen LogP contribution in [0.4, 0.5) is 0 Å². The Hall–Kier alpha value is -0.440. The standard InChI is InChI=1S/C7H12O2S/c1-6(2)10-5-3-4-7(8)9/h3-4,6H,5H2,1-2H3,(H,8,9). The Morgan fingerprint density at radius 1 is 1.70 bits per heavy atom. The Balaban J connectivity index is 3.27. The van der Waals surface area contributed by atoms with Gasteiger partial charge in [-0.15, -0.1) is 0 Å². The van der Waals surface area contributed by atoms with E-state index in [4.69, 9.17) is 5.11 Å². The molecule has 3 heteroatoms. The van der Waals surface area contributed by atoms with E-state index >= 15 is 0 Å². The minimum absolute atomic E-state index is 0.568. The molecular formula is C7H12O2S. The number of hydrogen-bond acceptors (Lipinski definition) is 2. The molecular weight excluding hydrogens is 148 g/mol. The van der Waals surface area contributed by atoms with Crippen molar-refractivity contribution >= 4 is 17.7 Å². The fraction of sp³-hybridized carbons (Fsp3) is 0.571. The third-order valence-corrected chi connectivity index (χ3v) is 1.84. The van der Waals surface area contributed by atoms with Gasteiger partial charge in [-0.25, -0.2) is 4.79 Å². The van der Waals surface area contributed by atoms with Gasteiger partial charge in [-0.1, -0.05) is 19.9 Å². The van der Waals surface area contributed by atoms with Gasteiger partial charge in [0.05, 0.1) is 0 Å². The molecule has 0 saturated carbocycles. The van der Waals surface area contributed by atoms with E-state index in [1.54, 1.807) is 17.8 Å². The SMILES string of the molecule is CC(C)SCC=CC(=O)O. The summed E-state index contributed by atoms with van der Waals surface area (Å²) in [6, 6.07) is 0. The summed E-state index contributed by atoms with van der Waals surface area (Å²) >= 11 is 1.72. The Morgan fingerprint density at radius 2 is 2.30 bits per heavy atom. The maximum atomic E-state index is 9.95. The quantitative estimate of drug-likeness (QED) is 0.637. The van der Waals surface area contributed by atoms with E-state index < -0.39 is 5.97 Å². The predicted octanol–water partition coefficient (Wildman–Crippen LogP) is 1.77. The number of aliphatic carboxylic acids is 1. The molecule has 0 aromatic heterocycles. The van der Waals surface area contributed by atoms with E-state index in [9.17, 15) is 4.79 Å². The van der Waals surface area contributed by atoms with Crippen molar-refractivity contribution in [2.75, 3.05) is 5.75 Å². The van der Waals surface area contributed by atoms with Gasteiger partial charge in [0.2, 0.25) is 0 Å². The molecule has 0 aromatic carbocycles. The first-order valence-electron chi connectivity index (χ1n) is 3.14. The lowest BCUT2D eigenvalue weighted by atomic mass is 10.5. The summed E-state index contributed by atoms with van der Waals surface area (Å²) in [6.07, 6.45) is 2.84. The lowest BCUT2D eigenvalue weighted by Crippen LogP contribution is -1.89. The number of carboxylic acid groups (broad SMARTS) is 1. The van der Waals surface area contributed by atoms with Crippen LogP contribution < -0.4 is 0 Å². The molecule has 0 aromatic rings. The largest absolute Gasteiger partial charge is 0.478 e. The van der Waals surface area contributed by atoms with E-state index in [0.717, 1.165) is 5.75 Å². The van der Waals surface area contributed by atoms with E-state index in [1.807, 2.05) is 0 Å². The third-order valence-electron chi connectivity index (χ3n) is 0.786. The Labute approximate surface area is 65.3 Å². The number of carbonyl (C=O) groups is 1. The summed E-state index contributed by atoms with van der Waals surface area (Å²) in [7, 11) is 0. The molecule has 58 valence electrons. The molecule has 0 unspecified atom stereocenters. The van der Waals surface area contributed by atoms with Gasteiger partial charge >= 0.3 is 5.97 Å². The van der Waals surface area contributed by atoms with Gasteiger partial charge in [-0.05, 0) is 5.25 Å². The molecule has 0 bridgehead atoms. The van der Waals surface area contributed by atoms with Crippen LogP contribution in [0.2, 0.25) is 0 Å². The maximum absolute atomic E-state index is 9.95. The van der Waals surface area contributed by atoms with Gasteiger partial charge in [-0.3, -0.25) is 0 Å². The van der Waals surface area contributed by atoms with Crippen molar-refractivity contribution in [3.05, 3.63) is 12.2 Å². The molecule has 0 atom stereocenters. The maximum Gasteiger partial charge on any atom is 0.328 e. The molecule has 0 aliphatic rings. The summed E-state index contributed by atoms with van der Waals surface area (Å²) in [5.74, 6) is -0.0893. The van der Waals surface area contributed by atoms with Crippen molar-refractivity contribution in [3.8, 4) is 0 Å². The number of hydrogen-bond donors (Lipinski definition) is 1. The van der Waals surface area contributed by atoms with Crippen molar-refractivity contribution in [1.29, 1.82) is 0 Å². The average Bonchev–Trinajstić information content (AvgIpc) is 1.79. The monoisotopic (exact) mass is 160 g/mol. The van der Waals surface area contributed by atoms with Gasteiger partial charge in [-0.2, -0.15) is 11.8 Å². The molecule has 0 spiro atoms. The topological polar surface area (TPSA) is 37.3 Å². The first-order valence-corrected chi connectivity index (χ1v) is 4.19. The normalized spacial score (nSPS) is 11.1. The Kier molecular flexibility index (Phi) is 5.12. The summed E-state index contributed by atoms with van der Waals surface area (Å²) in [5.41, 5.74) is 0. The molecule has 0 aliphatic carbocycles. The van der Waals surface area contributed by atoms with Crippen LogP contribution in [0.3, 0.4) is 0 Å². The van der Waals surface area contributed by atoms with Crippen LogP contribution in [0.15, 0.2) is 12.2 Å². The molecule has 0 saturated heterocycles. The summed E-state index contributed by atoms with van der Waals surface area (Å²) < 4.78 is 0. The van der Waals surface area contributed by atoms with Crippen LogP contribution in [0.5, 0.6) is 0 Å². The zero-order valence-electron chi connectivity index (χ0n) is 6.20. The second-order valence-corrected chi connectivity index (χ2v) is 3.73. The van der Waals surface area contributed by atoms with Gasteiger partial charge in [0.1, 0.15) is 0 Å². The van der Waals surface area contributed by atoms with Crippen molar-refractivity contribution in [2.24, 2.45) is 0 Å². The fourth-order valence-electron chi connectivity index (χ4n) is 0.397. The smallest absolute Gasteiger partial charge is 0.328 e. The van der Waals surface area contributed by atoms with Gasteiger partial charge < -0.3 is 5.11 Å². The molecule has 10 heavy (non-hydrogen) atoms. The number of rotatable bonds is 4. The van der Waals surface area contributed by atoms with Crippen LogP contribution in [-0.4, -0.2) is 22.1 Å². The number of carboxylic acids is 1. The number of thioether (sulfide) groups is 1. The zero-order valence-corrected chi connectivity index (χ0v) is 7.02. The summed E-state index contributed by atoms with van der Waals surface area (Å²) in [6.45, 7) is 4.17. The molecule has 2 nitrogen and oxygen atoms in total. The van der Waals surface area contributed by atoms with Gasteiger partial charge in [0.15, 0.2) is 0 Å². The van der Waals surface area contributed by atoms with Crippen LogP contribution in [0, 0.1) is 0 Å². The summed E-state index contributed by atoms with van der Waals surface area (Å²) in [5, 5.41) is 8.75. The van der Waals surface area contributed by atoms with Crippen molar-refractivity contribution in [1.82, 2.24) is 0 Å². The van der Waals surface area contributed by atoms with Crippen LogP contribution in [-0.2, 0) is 4.79 Å². The van der Waals surface area contributed by atoms with Crippen molar-refractivity contribution < 1.29 is 9.90 Å². The van der Waals surface area contributed by atoms with E-state index in [2.05, 4.69) is 13.8 Å². The van der Waals surface area contributed by atoms with E-state index in [-0.39, 0.29) is 0 Å². The lowest BCUT2D eigenvalue weighted by Gasteiger charge is -1.98. The van der Waals surface area contributed by atoms with Crippen LogP contribution in [0.1, 0.15) is 13.8 Å². The Bertz CT molecular complexity index is 130. The average molecular weight is 160 g/mol. The van der Waals surface area contributed by atoms with Crippen LogP contribution in [0.25, 0.3) is 0 Å². The molecule has 0 amide bonds. The highest BCUT2D eigenvalue weighted by atomic mass is 32.2. The van der Waals surface area contributed by atoms with E-state index in [0.29, 0.717) is 5.25 Å². The highest BCUT2D eigenvalue weighted by Gasteiger charge is 1.90. The zero-order chi connectivity index (χ0) is 7.98. The molecule has 0 radical (unpaired) electrons.